The van der Waals surface area contributed by atoms with Crippen LogP contribution in [-0.4, -0.2) is 35.9 Å². The van der Waals surface area contributed by atoms with Gasteiger partial charge in [-0.3, -0.25) is 9.69 Å². The van der Waals surface area contributed by atoms with E-state index in [1.807, 2.05) is 6.92 Å². The first-order valence-electron chi connectivity index (χ1n) is 5.07. The van der Waals surface area contributed by atoms with Crippen LogP contribution < -0.4 is 5.32 Å². The lowest BCUT2D eigenvalue weighted by Gasteiger charge is -2.24. The first-order chi connectivity index (χ1) is 7.19. The summed E-state index contributed by atoms with van der Waals surface area (Å²) in [5.41, 5.74) is 1.23. The molecule has 1 aliphatic heterocycles. The number of thiazole rings is 1. The van der Waals surface area contributed by atoms with Crippen molar-refractivity contribution >= 4 is 17.2 Å². The van der Waals surface area contributed by atoms with Crippen LogP contribution in [0.25, 0.3) is 0 Å². The van der Waals surface area contributed by atoms with Gasteiger partial charge in [0.2, 0.25) is 5.91 Å². The van der Waals surface area contributed by atoms with Crippen molar-refractivity contribution in [3.8, 4) is 0 Å². The minimum Gasteiger partial charge on any atom is -0.358 e. The predicted molar refractivity (Wildman–Crippen MR) is 59.9 cm³/mol. The Kier molecular flexibility index (Phi) is 3.02. The molecule has 0 fully saturated rings. The van der Waals surface area contributed by atoms with E-state index in [4.69, 9.17) is 0 Å². The number of nitrogens with zero attached hydrogens (tertiary/aromatic N) is 2. The predicted octanol–water partition coefficient (Wildman–Crippen LogP) is 0.556. The Morgan fingerprint density at radius 3 is 3.20 bits per heavy atom. The summed E-state index contributed by atoms with van der Waals surface area (Å²) in [6.07, 6.45) is 0.969. The van der Waals surface area contributed by atoms with E-state index in [1.165, 1.54) is 10.6 Å². The maximum Gasteiger partial charge on any atom is 0.233 e. The zero-order chi connectivity index (χ0) is 10.8. The highest BCUT2D eigenvalue weighted by molar-refractivity contribution is 7.11. The Morgan fingerprint density at radius 2 is 2.47 bits per heavy atom. The smallest absolute Gasteiger partial charge is 0.233 e. The quantitative estimate of drug-likeness (QED) is 0.799. The van der Waals surface area contributed by atoms with E-state index in [9.17, 15) is 4.79 Å². The van der Waals surface area contributed by atoms with Crippen molar-refractivity contribution in [2.24, 2.45) is 0 Å². The Morgan fingerprint density at radius 1 is 1.67 bits per heavy atom. The number of fused-ring (bicyclic) bond motifs is 1. The molecule has 1 amide bonds. The van der Waals surface area contributed by atoms with Gasteiger partial charge in [-0.05, 0) is 6.92 Å². The lowest BCUT2D eigenvalue weighted by atomic mass is 10.2. The van der Waals surface area contributed by atoms with Crippen LogP contribution in [0.2, 0.25) is 0 Å². The molecule has 2 heterocycles. The molecule has 0 spiro atoms. The van der Waals surface area contributed by atoms with Gasteiger partial charge in [0.25, 0.3) is 0 Å². The second-order valence-electron chi connectivity index (χ2n) is 3.74. The van der Waals surface area contributed by atoms with E-state index in [0.717, 1.165) is 24.5 Å². The zero-order valence-electron chi connectivity index (χ0n) is 9.04. The molecular formula is C10H15N3OS. The van der Waals surface area contributed by atoms with E-state index in [-0.39, 0.29) is 5.91 Å². The fourth-order valence-corrected chi connectivity index (χ4v) is 2.82. The summed E-state index contributed by atoms with van der Waals surface area (Å²) in [5.74, 6) is 0.0830. The van der Waals surface area contributed by atoms with Gasteiger partial charge in [0.15, 0.2) is 0 Å². The molecule has 4 nitrogen and oxygen atoms in total. The van der Waals surface area contributed by atoms with Crippen molar-refractivity contribution in [3.05, 3.63) is 15.6 Å². The molecule has 0 saturated carbocycles. The molecule has 1 aliphatic rings. The molecule has 0 atom stereocenters. The number of amides is 1. The fraction of sp³-hybridized carbons (Fsp3) is 0.600. The van der Waals surface area contributed by atoms with Crippen LogP contribution >= 0.6 is 11.3 Å². The molecule has 15 heavy (non-hydrogen) atoms. The van der Waals surface area contributed by atoms with E-state index in [0.29, 0.717) is 6.54 Å². The van der Waals surface area contributed by atoms with Gasteiger partial charge < -0.3 is 5.32 Å². The van der Waals surface area contributed by atoms with Gasteiger partial charge in [-0.2, -0.15) is 0 Å². The van der Waals surface area contributed by atoms with E-state index < -0.39 is 0 Å². The zero-order valence-corrected chi connectivity index (χ0v) is 9.86. The molecule has 0 bridgehead atoms. The third-order valence-electron chi connectivity index (χ3n) is 2.56. The third-order valence-corrected chi connectivity index (χ3v) is 3.56. The Hall–Kier alpha value is -0.940. The van der Waals surface area contributed by atoms with Crippen LogP contribution in [0.1, 0.15) is 15.6 Å². The molecule has 5 heteroatoms. The van der Waals surface area contributed by atoms with Crippen LogP contribution in [0.3, 0.4) is 0 Å². The van der Waals surface area contributed by atoms with Crippen LogP contribution in [0.15, 0.2) is 0 Å². The van der Waals surface area contributed by atoms with Crippen LogP contribution in [0.5, 0.6) is 0 Å². The number of aromatic nitrogens is 1. The number of hydrogen-bond acceptors (Lipinski definition) is 4. The molecule has 1 aromatic rings. The van der Waals surface area contributed by atoms with E-state index in [1.54, 1.807) is 18.4 Å². The topological polar surface area (TPSA) is 45.2 Å². The SMILES string of the molecule is CNC(=O)CN1CCc2nc(C)sc2C1. The summed E-state index contributed by atoms with van der Waals surface area (Å²) in [4.78, 5) is 19.2. The molecule has 0 unspecified atom stereocenters. The van der Waals surface area contributed by atoms with Gasteiger partial charge in [0, 0.05) is 31.4 Å². The average molecular weight is 225 g/mol. The first kappa shape index (κ1) is 10.6. The highest BCUT2D eigenvalue weighted by atomic mass is 32.1. The third kappa shape index (κ3) is 2.35. The summed E-state index contributed by atoms with van der Waals surface area (Å²) < 4.78 is 0. The second-order valence-corrected chi connectivity index (χ2v) is 5.02. The number of likely N-dealkylation sites (N-methyl/N-ethyl adjacent to an activating group) is 1. The van der Waals surface area contributed by atoms with E-state index >= 15 is 0 Å². The standard InChI is InChI=1S/C10H15N3OS/c1-7-12-8-3-4-13(5-9(8)15-7)6-10(14)11-2/h3-6H2,1-2H3,(H,11,14). The molecule has 0 aliphatic carbocycles. The number of nitrogens with one attached hydrogen (secondary N) is 1. The minimum atomic E-state index is 0.0830. The summed E-state index contributed by atoms with van der Waals surface area (Å²) in [5, 5.41) is 3.78. The minimum absolute atomic E-state index is 0.0830. The van der Waals surface area contributed by atoms with Crippen molar-refractivity contribution in [1.29, 1.82) is 0 Å². The Labute approximate surface area is 93.3 Å². The van der Waals surface area contributed by atoms with Crippen LogP contribution in [0.4, 0.5) is 0 Å². The van der Waals surface area contributed by atoms with Crippen molar-refractivity contribution in [2.45, 2.75) is 19.9 Å². The van der Waals surface area contributed by atoms with Crippen LogP contribution in [-0.2, 0) is 17.8 Å². The normalized spacial score (nSPS) is 16.1. The molecular weight excluding hydrogens is 210 g/mol. The number of hydrogen-bond donors (Lipinski definition) is 1. The first-order valence-corrected chi connectivity index (χ1v) is 5.89. The number of carbonyl (C=O) groups is 1. The highest BCUT2D eigenvalue weighted by Gasteiger charge is 2.20. The Bertz CT molecular complexity index is 375. The number of aryl methyl sites for hydroxylation is 1. The molecule has 0 saturated heterocycles. The molecule has 82 valence electrons. The monoisotopic (exact) mass is 225 g/mol. The summed E-state index contributed by atoms with van der Waals surface area (Å²) in [7, 11) is 1.68. The van der Waals surface area contributed by atoms with Crippen molar-refractivity contribution in [1.82, 2.24) is 15.2 Å². The van der Waals surface area contributed by atoms with Gasteiger partial charge >= 0.3 is 0 Å². The van der Waals surface area contributed by atoms with E-state index in [2.05, 4.69) is 15.2 Å². The van der Waals surface area contributed by atoms with Gasteiger partial charge in [-0.1, -0.05) is 0 Å². The van der Waals surface area contributed by atoms with Crippen molar-refractivity contribution in [2.75, 3.05) is 20.1 Å². The highest BCUT2D eigenvalue weighted by Crippen LogP contribution is 2.24. The summed E-state index contributed by atoms with van der Waals surface area (Å²) >= 11 is 1.74. The number of carbonyl (C=O) groups excluding carboxylic acids is 1. The molecule has 0 aromatic carbocycles. The lowest BCUT2D eigenvalue weighted by molar-refractivity contribution is -0.121. The Balaban J connectivity index is 2.02. The maximum absolute atomic E-state index is 11.2. The molecule has 1 N–H and O–H groups in total. The molecule has 1 aromatic heterocycles. The van der Waals surface area contributed by atoms with Crippen molar-refractivity contribution in [3.63, 3.8) is 0 Å². The fourth-order valence-electron chi connectivity index (χ4n) is 1.79. The van der Waals surface area contributed by atoms with Gasteiger partial charge in [-0.25, -0.2) is 4.98 Å². The summed E-state index contributed by atoms with van der Waals surface area (Å²) in [6, 6.07) is 0. The van der Waals surface area contributed by atoms with Crippen molar-refractivity contribution < 1.29 is 4.79 Å². The summed E-state index contributed by atoms with van der Waals surface area (Å²) in [6.45, 7) is 4.33. The van der Waals surface area contributed by atoms with Gasteiger partial charge in [0.1, 0.15) is 0 Å². The number of rotatable bonds is 2. The lowest BCUT2D eigenvalue weighted by Crippen LogP contribution is -2.38. The second kappa shape index (κ2) is 4.28. The van der Waals surface area contributed by atoms with Gasteiger partial charge in [-0.15, -0.1) is 11.3 Å². The average Bonchev–Trinajstić information content (AvgIpc) is 2.57. The molecule has 2 rings (SSSR count). The van der Waals surface area contributed by atoms with Crippen LogP contribution in [0, 0.1) is 6.92 Å². The largest absolute Gasteiger partial charge is 0.358 e. The maximum atomic E-state index is 11.2. The molecule has 0 radical (unpaired) electrons. The van der Waals surface area contributed by atoms with Gasteiger partial charge in [0.05, 0.1) is 17.2 Å².